The quantitative estimate of drug-likeness (QED) is 0.778. The normalized spacial score (nSPS) is 34.9. The molecule has 2 rings (SSSR count). The van der Waals surface area contributed by atoms with E-state index in [2.05, 4.69) is 36.1 Å². The zero-order chi connectivity index (χ0) is 13.8. The van der Waals surface area contributed by atoms with Gasteiger partial charge in [0.05, 0.1) is 6.10 Å². The van der Waals surface area contributed by atoms with E-state index in [1.807, 2.05) is 0 Å². The van der Waals surface area contributed by atoms with Crippen LogP contribution in [0.2, 0.25) is 0 Å². The number of hydrogen-bond donors (Lipinski definition) is 2. The zero-order valence-electron chi connectivity index (χ0n) is 12.8. The number of hydrogen-bond acceptors (Lipinski definition) is 4. The van der Waals surface area contributed by atoms with Crippen LogP contribution in [0.25, 0.3) is 0 Å². The second-order valence-electron chi connectivity index (χ2n) is 6.73. The van der Waals surface area contributed by atoms with Gasteiger partial charge in [-0.05, 0) is 53.2 Å². The second-order valence-corrected chi connectivity index (χ2v) is 6.73. The van der Waals surface area contributed by atoms with E-state index in [1.165, 1.54) is 32.2 Å². The summed E-state index contributed by atoms with van der Waals surface area (Å²) in [7, 11) is 4.24. The minimum absolute atomic E-state index is 0.133. The molecule has 19 heavy (non-hydrogen) atoms. The molecule has 4 nitrogen and oxygen atoms in total. The summed E-state index contributed by atoms with van der Waals surface area (Å²) >= 11 is 0. The summed E-state index contributed by atoms with van der Waals surface area (Å²) in [6, 6.07) is 1.77. The van der Waals surface area contributed by atoms with Crippen molar-refractivity contribution in [3.8, 4) is 0 Å². The van der Waals surface area contributed by atoms with Crippen LogP contribution >= 0.6 is 0 Å². The lowest BCUT2D eigenvalue weighted by atomic mass is 9.97. The molecule has 0 aromatic carbocycles. The third-order valence-electron chi connectivity index (χ3n) is 4.61. The molecule has 4 atom stereocenters. The minimum atomic E-state index is -0.133. The number of aliphatic hydroxyl groups excluding tert-OH is 1. The molecular formula is C15H31N3O. The predicted octanol–water partition coefficient (Wildman–Crippen LogP) is 0.904. The zero-order valence-corrected chi connectivity index (χ0v) is 12.8. The first-order valence-electron chi connectivity index (χ1n) is 7.88. The highest BCUT2D eigenvalue weighted by molar-refractivity contribution is 4.91. The molecule has 2 N–H and O–H groups in total. The van der Waals surface area contributed by atoms with Crippen molar-refractivity contribution >= 4 is 0 Å². The number of aliphatic hydroxyl groups is 1. The Kier molecular flexibility index (Phi) is 5.63. The Balaban J connectivity index is 1.86. The molecule has 2 aliphatic rings. The second kappa shape index (κ2) is 7.02. The lowest BCUT2D eigenvalue weighted by Gasteiger charge is -2.35. The maximum atomic E-state index is 9.96. The fourth-order valence-electron chi connectivity index (χ4n) is 3.73. The number of piperidine rings is 1. The summed E-state index contributed by atoms with van der Waals surface area (Å²) in [5.74, 6) is 0. The molecular weight excluding hydrogens is 238 g/mol. The lowest BCUT2D eigenvalue weighted by Crippen LogP contribution is -2.46. The monoisotopic (exact) mass is 269 g/mol. The van der Waals surface area contributed by atoms with E-state index in [-0.39, 0.29) is 6.10 Å². The van der Waals surface area contributed by atoms with Gasteiger partial charge in [-0.15, -0.1) is 0 Å². The first kappa shape index (κ1) is 15.2. The molecule has 2 heterocycles. The number of nitrogens with one attached hydrogen (secondary N) is 1. The predicted molar refractivity (Wildman–Crippen MR) is 79.4 cm³/mol. The first-order valence-corrected chi connectivity index (χ1v) is 7.88. The number of likely N-dealkylation sites (tertiary alicyclic amines) is 1. The summed E-state index contributed by atoms with van der Waals surface area (Å²) < 4.78 is 0. The van der Waals surface area contributed by atoms with Gasteiger partial charge >= 0.3 is 0 Å². The van der Waals surface area contributed by atoms with E-state index in [1.54, 1.807) is 0 Å². The highest BCUT2D eigenvalue weighted by Crippen LogP contribution is 2.24. The largest absolute Gasteiger partial charge is 0.392 e. The van der Waals surface area contributed by atoms with Crippen molar-refractivity contribution in [2.24, 2.45) is 0 Å². The van der Waals surface area contributed by atoms with E-state index < -0.39 is 0 Å². The fraction of sp³-hybridized carbons (Fsp3) is 1.00. The summed E-state index contributed by atoms with van der Waals surface area (Å²) in [5.41, 5.74) is 0. The third-order valence-corrected chi connectivity index (χ3v) is 4.61. The van der Waals surface area contributed by atoms with Gasteiger partial charge in [-0.25, -0.2) is 0 Å². The van der Waals surface area contributed by atoms with Crippen LogP contribution < -0.4 is 5.32 Å². The van der Waals surface area contributed by atoms with E-state index in [0.29, 0.717) is 18.1 Å². The van der Waals surface area contributed by atoms with Gasteiger partial charge < -0.3 is 15.3 Å². The van der Waals surface area contributed by atoms with Crippen LogP contribution in [0.15, 0.2) is 0 Å². The molecule has 0 radical (unpaired) electrons. The van der Waals surface area contributed by atoms with Crippen molar-refractivity contribution in [2.75, 3.05) is 33.7 Å². The van der Waals surface area contributed by atoms with Crippen LogP contribution in [-0.4, -0.2) is 72.9 Å². The molecule has 2 fully saturated rings. The number of β-amino-alcohol motifs (C(OH)–C–C–N with tert-alkyl or cyclic N) is 1. The fourth-order valence-corrected chi connectivity index (χ4v) is 3.73. The van der Waals surface area contributed by atoms with Crippen molar-refractivity contribution in [2.45, 2.75) is 63.3 Å². The lowest BCUT2D eigenvalue weighted by molar-refractivity contribution is 0.129. The van der Waals surface area contributed by atoms with E-state index in [9.17, 15) is 5.11 Å². The number of likely N-dealkylation sites (N-methyl/N-ethyl adjacent to an activating group) is 1. The van der Waals surface area contributed by atoms with Crippen LogP contribution in [-0.2, 0) is 0 Å². The average Bonchev–Trinajstić information content (AvgIpc) is 2.70. The van der Waals surface area contributed by atoms with Gasteiger partial charge in [-0.3, -0.25) is 4.90 Å². The maximum absolute atomic E-state index is 9.96. The van der Waals surface area contributed by atoms with Crippen LogP contribution in [0.5, 0.6) is 0 Å². The molecule has 0 saturated carbocycles. The standard InChI is InChI=1S/C15H31N3O/c1-12(8-13-6-4-5-7-16-13)18-11-15(19)9-14(18)10-17(2)3/h12-16,19H,4-11H2,1-3H3. The Morgan fingerprint density at radius 3 is 2.79 bits per heavy atom. The highest BCUT2D eigenvalue weighted by atomic mass is 16.3. The van der Waals surface area contributed by atoms with Gasteiger partial charge in [-0.1, -0.05) is 6.42 Å². The van der Waals surface area contributed by atoms with Gasteiger partial charge in [0.1, 0.15) is 0 Å². The first-order chi connectivity index (χ1) is 9.06. The summed E-state index contributed by atoms with van der Waals surface area (Å²) in [5, 5.41) is 13.6. The van der Waals surface area contributed by atoms with Gasteiger partial charge in [-0.2, -0.15) is 0 Å². The molecule has 0 amide bonds. The van der Waals surface area contributed by atoms with Crippen LogP contribution in [0.1, 0.15) is 39.0 Å². The van der Waals surface area contributed by atoms with Crippen molar-refractivity contribution in [1.29, 1.82) is 0 Å². The van der Waals surface area contributed by atoms with Gasteiger partial charge in [0.15, 0.2) is 0 Å². The van der Waals surface area contributed by atoms with Gasteiger partial charge in [0, 0.05) is 31.2 Å². The molecule has 0 aromatic heterocycles. The topological polar surface area (TPSA) is 38.7 Å². The Morgan fingerprint density at radius 2 is 2.16 bits per heavy atom. The number of nitrogens with zero attached hydrogens (tertiary/aromatic N) is 2. The number of rotatable bonds is 5. The van der Waals surface area contributed by atoms with Crippen molar-refractivity contribution < 1.29 is 5.11 Å². The molecule has 0 bridgehead atoms. The third kappa shape index (κ3) is 4.42. The molecule has 2 saturated heterocycles. The van der Waals surface area contributed by atoms with Gasteiger partial charge in [0.25, 0.3) is 0 Å². The van der Waals surface area contributed by atoms with Crippen LogP contribution in [0.3, 0.4) is 0 Å². The minimum Gasteiger partial charge on any atom is -0.392 e. The van der Waals surface area contributed by atoms with E-state index in [4.69, 9.17) is 0 Å². The molecule has 4 heteroatoms. The van der Waals surface area contributed by atoms with Crippen LogP contribution in [0.4, 0.5) is 0 Å². The maximum Gasteiger partial charge on any atom is 0.0682 e. The van der Waals surface area contributed by atoms with Crippen molar-refractivity contribution in [3.63, 3.8) is 0 Å². The highest BCUT2D eigenvalue weighted by Gasteiger charge is 2.34. The SMILES string of the molecule is CC(CC1CCCCN1)N1CC(O)CC1CN(C)C. The van der Waals surface area contributed by atoms with E-state index in [0.717, 1.165) is 19.5 Å². The molecule has 2 aliphatic heterocycles. The Morgan fingerprint density at radius 1 is 1.37 bits per heavy atom. The average molecular weight is 269 g/mol. The summed E-state index contributed by atoms with van der Waals surface area (Å²) in [6.45, 7) is 5.42. The summed E-state index contributed by atoms with van der Waals surface area (Å²) in [6.07, 6.45) is 6.04. The molecule has 0 aliphatic carbocycles. The van der Waals surface area contributed by atoms with Gasteiger partial charge in [0.2, 0.25) is 0 Å². The molecule has 0 spiro atoms. The summed E-state index contributed by atoms with van der Waals surface area (Å²) in [4.78, 5) is 4.77. The van der Waals surface area contributed by atoms with E-state index >= 15 is 0 Å². The Bertz CT molecular complexity index is 266. The molecule has 112 valence electrons. The van der Waals surface area contributed by atoms with Crippen molar-refractivity contribution in [1.82, 2.24) is 15.1 Å². The molecule has 4 unspecified atom stereocenters. The molecule has 0 aromatic rings. The Hall–Kier alpha value is -0.160. The smallest absolute Gasteiger partial charge is 0.0682 e. The van der Waals surface area contributed by atoms with Crippen LogP contribution in [0, 0.1) is 0 Å². The Labute approximate surface area is 118 Å². The van der Waals surface area contributed by atoms with Crippen molar-refractivity contribution in [3.05, 3.63) is 0 Å².